The highest BCUT2D eigenvalue weighted by atomic mass is 16.1. The second-order valence-corrected chi connectivity index (χ2v) is 7.09. The number of nitrogens with two attached hydrogens (primary N) is 1. The van der Waals surface area contributed by atoms with E-state index in [0.717, 1.165) is 19.4 Å². The predicted octanol–water partition coefficient (Wildman–Crippen LogP) is 2.09. The van der Waals surface area contributed by atoms with Gasteiger partial charge in [-0.05, 0) is 51.2 Å². The maximum Gasteiger partial charge on any atom is 0.220 e. The van der Waals surface area contributed by atoms with Crippen LogP contribution in [0.3, 0.4) is 0 Å². The molecular formula is C16H35N3O. The number of carbonyl (C=O) groups is 1. The van der Waals surface area contributed by atoms with Gasteiger partial charge in [0, 0.05) is 19.0 Å². The first kappa shape index (κ1) is 19.4. The second-order valence-electron chi connectivity index (χ2n) is 7.09. The minimum Gasteiger partial charge on any atom is -0.352 e. The van der Waals surface area contributed by atoms with E-state index in [-0.39, 0.29) is 11.9 Å². The van der Waals surface area contributed by atoms with E-state index in [1.165, 1.54) is 0 Å². The number of hydrogen-bond acceptors (Lipinski definition) is 3. The fourth-order valence-electron chi connectivity index (χ4n) is 2.67. The molecule has 20 heavy (non-hydrogen) atoms. The maximum atomic E-state index is 12.2. The van der Waals surface area contributed by atoms with Crippen molar-refractivity contribution in [1.82, 2.24) is 10.2 Å². The molecule has 0 radical (unpaired) electrons. The molecule has 0 aromatic heterocycles. The van der Waals surface area contributed by atoms with Crippen molar-refractivity contribution in [2.45, 2.75) is 53.0 Å². The Hall–Kier alpha value is -0.610. The van der Waals surface area contributed by atoms with Gasteiger partial charge in [-0.2, -0.15) is 0 Å². The van der Waals surface area contributed by atoms with E-state index in [1.54, 1.807) is 0 Å². The number of nitrogens with zero attached hydrogens (tertiary/aromatic N) is 1. The van der Waals surface area contributed by atoms with Crippen LogP contribution >= 0.6 is 0 Å². The lowest BCUT2D eigenvalue weighted by atomic mass is 9.93. The van der Waals surface area contributed by atoms with Gasteiger partial charge in [-0.1, -0.05) is 27.7 Å². The van der Waals surface area contributed by atoms with Crippen molar-refractivity contribution in [1.29, 1.82) is 0 Å². The molecule has 4 heteroatoms. The lowest BCUT2D eigenvalue weighted by Gasteiger charge is -2.25. The molecule has 0 heterocycles. The van der Waals surface area contributed by atoms with Crippen molar-refractivity contribution in [2.24, 2.45) is 23.5 Å². The van der Waals surface area contributed by atoms with Crippen LogP contribution in [0.15, 0.2) is 0 Å². The Morgan fingerprint density at radius 3 is 2.05 bits per heavy atom. The van der Waals surface area contributed by atoms with Crippen LogP contribution in [0.5, 0.6) is 0 Å². The second kappa shape index (κ2) is 10.2. The van der Waals surface area contributed by atoms with Crippen LogP contribution in [0.1, 0.15) is 47.0 Å². The van der Waals surface area contributed by atoms with Gasteiger partial charge >= 0.3 is 0 Å². The predicted molar refractivity (Wildman–Crippen MR) is 86.6 cm³/mol. The molecule has 0 aliphatic rings. The molecule has 0 saturated heterocycles. The summed E-state index contributed by atoms with van der Waals surface area (Å²) in [6.45, 7) is 10.2. The summed E-state index contributed by atoms with van der Waals surface area (Å²) >= 11 is 0. The lowest BCUT2D eigenvalue weighted by molar-refractivity contribution is -0.123. The smallest absolute Gasteiger partial charge is 0.220 e. The third-order valence-corrected chi connectivity index (χ3v) is 3.32. The van der Waals surface area contributed by atoms with Crippen LogP contribution in [-0.2, 0) is 4.79 Å². The third kappa shape index (κ3) is 10.2. The van der Waals surface area contributed by atoms with E-state index in [4.69, 9.17) is 5.73 Å². The quantitative estimate of drug-likeness (QED) is 0.646. The largest absolute Gasteiger partial charge is 0.352 e. The van der Waals surface area contributed by atoms with Crippen molar-refractivity contribution in [3.05, 3.63) is 0 Å². The van der Waals surface area contributed by atoms with Crippen LogP contribution in [0.2, 0.25) is 0 Å². The molecule has 0 aliphatic carbocycles. The Morgan fingerprint density at radius 1 is 1.10 bits per heavy atom. The summed E-state index contributed by atoms with van der Waals surface area (Å²) in [5.74, 6) is 1.62. The molecule has 1 amide bonds. The third-order valence-electron chi connectivity index (χ3n) is 3.32. The Morgan fingerprint density at radius 2 is 1.65 bits per heavy atom. The van der Waals surface area contributed by atoms with Gasteiger partial charge in [-0.25, -0.2) is 0 Å². The number of rotatable bonds is 10. The Kier molecular flexibility index (Phi) is 9.86. The van der Waals surface area contributed by atoms with Crippen molar-refractivity contribution < 1.29 is 4.79 Å². The first-order chi connectivity index (χ1) is 9.24. The molecule has 0 spiro atoms. The Bertz CT molecular complexity index is 254. The average Bonchev–Trinajstić information content (AvgIpc) is 2.25. The number of hydrogen-bond donors (Lipinski definition) is 2. The van der Waals surface area contributed by atoms with Gasteiger partial charge in [0.2, 0.25) is 5.91 Å². The van der Waals surface area contributed by atoms with Gasteiger partial charge in [0.05, 0.1) is 0 Å². The molecular weight excluding hydrogens is 250 g/mol. The molecule has 0 aliphatic heterocycles. The van der Waals surface area contributed by atoms with E-state index >= 15 is 0 Å². The van der Waals surface area contributed by atoms with E-state index < -0.39 is 0 Å². The number of likely N-dealkylation sites (N-methyl/N-ethyl adjacent to an activating group) is 1. The molecule has 0 aromatic carbocycles. The van der Waals surface area contributed by atoms with E-state index in [0.29, 0.717) is 30.7 Å². The zero-order valence-electron chi connectivity index (χ0n) is 14.3. The number of carbonyl (C=O) groups excluding carboxylic acids is 1. The highest BCUT2D eigenvalue weighted by Crippen LogP contribution is 2.14. The fraction of sp³-hybridized carbons (Fsp3) is 0.938. The van der Waals surface area contributed by atoms with Crippen molar-refractivity contribution >= 4 is 5.91 Å². The summed E-state index contributed by atoms with van der Waals surface area (Å²) in [4.78, 5) is 14.3. The number of amides is 1. The Balaban J connectivity index is 4.35. The molecule has 0 aromatic rings. The zero-order valence-corrected chi connectivity index (χ0v) is 14.3. The fourth-order valence-corrected chi connectivity index (χ4v) is 2.67. The summed E-state index contributed by atoms with van der Waals surface area (Å²) < 4.78 is 0. The first-order valence-electron chi connectivity index (χ1n) is 7.88. The van der Waals surface area contributed by atoms with Crippen molar-refractivity contribution in [2.75, 3.05) is 27.2 Å². The van der Waals surface area contributed by atoms with Gasteiger partial charge in [0.25, 0.3) is 0 Å². The van der Waals surface area contributed by atoms with Gasteiger partial charge in [-0.3, -0.25) is 4.79 Å². The van der Waals surface area contributed by atoms with Gasteiger partial charge in [0.15, 0.2) is 0 Å². The molecule has 0 fully saturated rings. The summed E-state index contributed by atoms with van der Waals surface area (Å²) in [5.41, 5.74) is 5.77. The highest BCUT2D eigenvalue weighted by Gasteiger charge is 2.18. The van der Waals surface area contributed by atoms with E-state index in [1.807, 2.05) is 14.1 Å². The van der Waals surface area contributed by atoms with Gasteiger partial charge < -0.3 is 16.0 Å². The maximum absolute atomic E-state index is 12.2. The first-order valence-corrected chi connectivity index (χ1v) is 7.88. The van der Waals surface area contributed by atoms with Crippen LogP contribution in [0.25, 0.3) is 0 Å². The summed E-state index contributed by atoms with van der Waals surface area (Å²) in [7, 11) is 4.09. The van der Waals surface area contributed by atoms with Gasteiger partial charge in [0.1, 0.15) is 0 Å². The zero-order chi connectivity index (χ0) is 15.7. The average molecular weight is 285 g/mol. The van der Waals surface area contributed by atoms with Gasteiger partial charge in [-0.15, -0.1) is 0 Å². The minimum atomic E-state index is 0.147. The molecule has 0 saturated carbocycles. The molecule has 4 nitrogen and oxygen atoms in total. The monoisotopic (exact) mass is 285 g/mol. The highest BCUT2D eigenvalue weighted by molar-refractivity contribution is 5.76. The van der Waals surface area contributed by atoms with Crippen LogP contribution in [0.4, 0.5) is 0 Å². The molecule has 3 N–H and O–H groups in total. The van der Waals surface area contributed by atoms with Crippen LogP contribution < -0.4 is 11.1 Å². The van der Waals surface area contributed by atoms with Crippen LogP contribution in [0, 0.1) is 17.8 Å². The van der Waals surface area contributed by atoms with E-state index in [9.17, 15) is 4.79 Å². The summed E-state index contributed by atoms with van der Waals surface area (Å²) in [5, 5.41) is 3.18. The minimum absolute atomic E-state index is 0.147. The van der Waals surface area contributed by atoms with Crippen molar-refractivity contribution in [3.8, 4) is 0 Å². The summed E-state index contributed by atoms with van der Waals surface area (Å²) in [6, 6.07) is 0.231. The molecule has 120 valence electrons. The standard InChI is InChI=1S/C16H35N3O/c1-12(2)7-14(10-17)9-16(20)18-15(8-13(3)4)11-19(5)6/h12-15H,7-11,17H2,1-6H3,(H,18,20)/t14-,15?/m0/s1. The lowest BCUT2D eigenvalue weighted by Crippen LogP contribution is -2.43. The Labute approximate surface area is 125 Å². The molecule has 0 bridgehead atoms. The number of nitrogens with one attached hydrogen (secondary N) is 1. The normalized spacial score (nSPS) is 14.9. The SMILES string of the molecule is CC(C)CC(CN(C)C)NC(=O)C[C@@H](CN)CC(C)C. The van der Waals surface area contributed by atoms with Crippen LogP contribution in [-0.4, -0.2) is 44.0 Å². The topological polar surface area (TPSA) is 58.4 Å². The molecule has 2 atom stereocenters. The molecule has 1 unspecified atom stereocenters. The molecule has 0 rings (SSSR count). The summed E-state index contributed by atoms with van der Waals surface area (Å²) in [6.07, 6.45) is 2.59. The van der Waals surface area contributed by atoms with E-state index in [2.05, 4.69) is 37.9 Å². The van der Waals surface area contributed by atoms with Crippen molar-refractivity contribution in [3.63, 3.8) is 0 Å².